The van der Waals surface area contributed by atoms with Crippen LogP contribution in [0.3, 0.4) is 0 Å². The monoisotopic (exact) mass is 291 g/mol. The zero-order valence-electron chi connectivity index (χ0n) is 11.4. The maximum atomic E-state index is 12.6. The van der Waals surface area contributed by atoms with Crippen LogP contribution >= 0.6 is 11.3 Å². The van der Waals surface area contributed by atoms with Gasteiger partial charge >= 0.3 is 0 Å². The van der Waals surface area contributed by atoms with E-state index >= 15 is 0 Å². The highest BCUT2D eigenvalue weighted by molar-refractivity contribution is 7.12. The van der Waals surface area contributed by atoms with Crippen molar-refractivity contribution >= 4 is 17.2 Å². The van der Waals surface area contributed by atoms with Crippen LogP contribution < -0.4 is 0 Å². The van der Waals surface area contributed by atoms with E-state index in [1.165, 1.54) is 11.3 Å². The summed E-state index contributed by atoms with van der Waals surface area (Å²) >= 11 is 1.48. The number of amides is 1. The van der Waals surface area contributed by atoms with Crippen molar-refractivity contribution < 1.29 is 9.53 Å². The molecule has 5 nitrogen and oxygen atoms in total. The highest BCUT2D eigenvalue weighted by Gasteiger charge is 2.26. The molecule has 106 valence electrons. The van der Waals surface area contributed by atoms with Gasteiger partial charge in [-0.2, -0.15) is 0 Å². The summed E-state index contributed by atoms with van der Waals surface area (Å²) in [6.07, 6.45) is 3.76. The van der Waals surface area contributed by atoms with Crippen molar-refractivity contribution in [3.8, 4) is 0 Å². The van der Waals surface area contributed by atoms with Crippen molar-refractivity contribution in [3.63, 3.8) is 0 Å². The van der Waals surface area contributed by atoms with Crippen LogP contribution in [0.2, 0.25) is 0 Å². The average Bonchev–Trinajstić information content (AvgIpc) is 3.07. The Morgan fingerprint density at radius 3 is 3.20 bits per heavy atom. The summed E-state index contributed by atoms with van der Waals surface area (Å²) in [4.78, 5) is 19.6. The number of nitrogens with zero attached hydrogens (tertiary/aromatic N) is 3. The third kappa shape index (κ3) is 2.62. The van der Waals surface area contributed by atoms with Crippen LogP contribution in [0.25, 0.3) is 0 Å². The van der Waals surface area contributed by atoms with Crippen molar-refractivity contribution in [1.82, 2.24) is 14.5 Å². The molecule has 2 aromatic rings. The number of ether oxygens (including phenoxy) is 1. The molecule has 0 N–H and O–H groups in total. The van der Waals surface area contributed by atoms with Gasteiger partial charge in [0.05, 0.1) is 18.0 Å². The molecule has 0 bridgehead atoms. The Kier molecular flexibility index (Phi) is 3.84. The molecule has 3 heterocycles. The molecule has 0 aromatic carbocycles. The van der Waals surface area contributed by atoms with Gasteiger partial charge < -0.3 is 14.2 Å². The van der Waals surface area contributed by atoms with Crippen LogP contribution in [0.4, 0.5) is 0 Å². The van der Waals surface area contributed by atoms with Gasteiger partial charge in [0.15, 0.2) is 0 Å². The minimum Gasteiger partial charge on any atom is -0.384 e. The van der Waals surface area contributed by atoms with Crippen LogP contribution in [-0.4, -0.2) is 40.6 Å². The normalized spacial score (nSPS) is 18.6. The molecule has 0 radical (unpaired) electrons. The van der Waals surface area contributed by atoms with Gasteiger partial charge in [-0.25, -0.2) is 4.98 Å². The van der Waals surface area contributed by atoms with Gasteiger partial charge in [0, 0.05) is 38.5 Å². The summed E-state index contributed by atoms with van der Waals surface area (Å²) in [5.41, 5.74) is 0. The van der Waals surface area contributed by atoms with Gasteiger partial charge in [-0.15, -0.1) is 11.3 Å². The molecule has 0 fully saturated rings. The van der Waals surface area contributed by atoms with Gasteiger partial charge in [0.25, 0.3) is 5.91 Å². The van der Waals surface area contributed by atoms with Crippen molar-refractivity contribution in [2.75, 3.05) is 20.3 Å². The number of carbonyl (C=O) groups is 1. The number of rotatable bonds is 3. The SMILES string of the molecule is COCC1CN(C(=O)c2cccs2)Cc2nccn2C1. The number of methoxy groups -OCH3 is 1. The predicted molar refractivity (Wildman–Crippen MR) is 76.7 cm³/mol. The average molecular weight is 291 g/mol. The smallest absolute Gasteiger partial charge is 0.264 e. The van der Waals surface area contributed by atoms with E-state index in [4.69, 9.17) is 4.74 Å². The molecule has 0 aliphatic carbocycles. The molecule has 1 atom stereocenters. The van der Waals surface area contributed by atoms with E-state index in [-0.39, 0.29) is 5.91 Å². The predicted octanol–water partition coefficient (Wildman–Crippen LogP) is 1.86. The van der Waals surface area contributed by atoms with E-state index in [1.807, 2.05) is 28.6 Å². The number of aromatic nitrogens is 2. The summed E-state index contributed by atoms with van der Waals surface area (Å²) in [6, 6.07) is 3.78. The number of imidazole rings is 1. The lowest BCUT2D eigenvalue weighted by Crippen LogP contribution is -2.34. The van der Waals surface area contributed by atoms with Crippen molar-refractivity contribution in [3.05, 3.63) is 40.6 Å². The fourth-order valence-corrected chi connectivity index (χ4v) is 3.28. The maximum Gasteiger partial charge on any atom is 0.264 e. The first-order chi connectivity index (χ1) is 9.78. The number of hydrogen-bond donors (Lipinski definition) is 0. The molecule has 1 aliphatic rings. The lowest BCUT2D eigenvalue weighted by molar-refractivity contribution is 0.0670. The first kappa shape index (κ1) is 13.3. The third-order valence-corrected chi connectivity index (χ3v) is 4.35. The molecule has 1 unspecified atom stereocenters. The summed E-state index contributed by atoms with van der Waals surface area (Å²) < 4.78 is 7.39. The lowest BCUT2D eigenvalue weighted by atomic mass is 10.1. The van der Waals surface area contributed by atoms with E-state index in [1.54, 1.807) is 13.3 Å². The van der Waals surface area contributed by atoms with Crippen LogP contribution in [-0.2, 0) is 17.8 Å². The Bertz CT molecular complexity index is 579. The van der Waals surface area contributed by atoms with Crippen molar-refractivity contribution in [1.29, 1.82) is 0 Å². The minimum absolute atomic E-state index is 0.0811. The van der Waals surface area contributed by atoms with Gasteiger partial charge in [-0.1, -0.05) is 6.07 Å². The Labute approximate surface area is 121 Å². The van der Waals surface area contributed by atoms with Crippen LogP contribution in [0.15, 0.2) is 29.9 Å². The molecule has 6 heteroatoms. The molecule has 0 saturated heterocycles. The number of carbonyl (C=O) groups excluding carboxylic acids is 1. The van der Waals surface area contributed by atoms with Gasteiger partial charge in [-0.05, 0) is 11.4 Å². The highest BCUT2D eigenvalue weighted by atomic mass is 32.1. The molecule has 20 heavy (non-hydrogen) atoms. The second kappa shape index (κ2) is 5.76. The van der Waals surface area contributed by atoms with Crippen molar-refractivity contribution in [2.45, 2.75) is 13.1 Å². The third-order valence-electron chi connectivity index (χ3n) is 3.49. The first-order valence-corrected chi connectivity index (χ1v) is 7.47. The van der Waals surface area contributed by atoms with Gasteiger partial charge in [0.1, 0.15) is 5.82 Å². The van der Waals surface area contributed by atoms with Gasteiger partial charge in [-0.3, -0.25) is 4.79 Å². The van der Waals surface area contributed by atoms with E-state index < -0.39 is 0 Å². The van der Waals surface area contributed by atoms with E-state index in [2.05, 4.69) is 9.55 Å². The molecule has 2 aromatic heterocycles. The topological polar surface area (TPSA) is 47.4 Å². The fraction of sp³-hybridized carbons (Fsp3) is 0.429. The molecule has 1 amide bonds. The summed E-state index contributed by atoms with van der Waals surface area (Å²) in [5.74, 6) is 1.31. The van der Waals surface area contributed by atoms with E-state index in [9.17, 15) is 4.79 Å². The molecule has 1 aliphatic heterocycles. The fourth-order valence-electron chi connectivity index (χ4n) is 2.59. The van der Waals surface area contributed by atoms with Crippen LogP contribution in [0.5, 0.6) is 0 Å². The Hall–Kier alpha value is -1.66. The Morgan fingerprint density at radius 1 is 1.55 bits per heavy atom. The molecular formula is C14H17N3O2S. The van der Waals surface area contributed by atoms with Gasteiger partial charge in [0.2, 0.25) is 0 Å². The van der Waals surface area contributed by atoms with Crippen molar-refractivity contribution in [2.24, 2.45) is 5.92 Å². The summed E-state index contributed by atoms with van der Waals surface area (Å²) in [7, 11) is 1.70. The minimum atomic E-state index is 0.0811. The largest absolute Gasteiger partial charge is 0.384 e. The lowest BCUT2D eigenvalue weighted by Gasteiger charge is -2.23. The quantitative estimate of drug-likeness (QED) is 0.867. The molecule has 0 saturated carbocycles. The Morgan fingerprint density at radius 2 is 2.45 bits per heavy atom. The Balaban J connectivity index is 1.85. The van der Waals surface area contributed by atoms with Crippen LogP contribution in [0, 0.1) is 5.92 Å². The number of thiophene rings is 1. The zero-order valence-corrected chi connectivity index (χ0v) is 12.2. The molecular weight excluding hydrogens is 274 g/mol. The summed E-state index contributed by atoms with van der Waals surface area (Å²) in [5, 5.41) is 1.93. The summed E-state index contributed by atoms with van der Waals surface area (Å²) in [6.45, 7) is 2.75. The second-order valence-electron chi connectivity index (χ2n) is 4.98. The standard InChI is InChI=1S/C14H17N3O2S/c1-19-10-11-7-16-5-4-15-13(16)9-17(8-11)14(18)12-3-2-6-20-12/h2-6,11H,7-10H2,1H3. The van der Waals surface area contributed by atoms with Crippen LogP contribution in [0.1, 0.15) is 15.5 Å². The molecule has 0 spiro atoms. The maximum absolute atomic E-state index is 12.6. The number of fused-ring (bicyclic) bond motifs is 1. The second-order valence-corrected chi connectivity index (χ2v) is 5.93. The number of hydrogen-bond acceptors (Lipinski definition) is 4. The van der Waals surface area contributed by atoms with E-state index in [0.717, 1.165) is 17.2 Å². The highest BCUT2D eigenvalue weighted by Crippen LogP contribution is 2.20. The van der Waals surface area contributed by atoms with E-state index in [0.29, 0.717) is 25.6 Å². The zero-order chi connectivity index (χ0) is 13.9. The first-order valence-electron chi connectivity index (χ1n) is 6.59. The molecule has 3 rings (SSSR count).